The molecule has 0 aromatic carbocycles. The molecule has 0 N–H and O–H groups in total. The lowest BCUT2D eigenvalue weighted by Gasteiger charge is -2.40. The summed E-state index contributed by atoms with van der Waals surface area (Å²) in [5.41, 5.74) is 2.02. The lowest BCUT2D eigenvalue weighted by atomic mass is 9.79. The van der Waals surface area contributed by atoms with E-state index in [0.29, 0.717) is 5.41 Å². The van der Waals surface area contributed by atoms with Gasteiger partial charge in [-0.15, -0.1) is 0 Å². The SMILES string of the molecule is CCCn1cc(C(=O)N2CC[C@@]3(CCCN(CC4CC4)C3)C2)c(C)n1. The summed E-state index contributed by atoms with van der Waals surface area (Å²) in [5.74, 6) is 1.15. The number of rotatable bonds is 5. The Kier molecular flexibility index (Phi) is 4.61. The van der Waals surface area contributed by atoms with Crippen molar-refractivity contribution >= 4 is 5.91 Å². The second-order valence-electron chi connectivity index (χ2n) is 8.65. The molecular weight excluding hydrogens is 312 g/mol. The second kappa shape index (κ2) is 6.75. The zero-order valence-electron chi connectivity index (χ0n) is 15.8. The summed E-state index contributed by atoms with van der Waals surface area (Å²) in [4.78, 5) is 17.8. The minimum absolute atomic E-state index is 0.191. The Bertz CT molecular complexity index is 636. The van der Waals surface area contributed by atoms with Crippen LogP contribution in [0.2, 0.25) is 0 Å². The number of likely N-dealkylation sites (tertiary alicyclic amines) is 2. The van der Waals surface area contributed by atoms with Crippen LogP contribution in [0.25, 0.3) is 0 Å². The molecule has 5 heteroatoms. The third kappa shape index (κ3) is 3.62. The van der Waals surface area contributed by atoms with Gasteiger partial charge in [0.25, 0.3) is 5.91 Å². The summed E-state index contributed by atoms with van der Waals surface area (Å²) < 4.78 is 1.92. The van der Waals surface area contributed by atoms with Gasteiger partial charge in [0.1, 0.15) is 0 Å². The van der Waals surface area contributed by atoms with E-state index < -0.39 is 0 Å². The topological polar surface area (TPSA) is 41.4 Å². The van der Waals surface area contributed by atoms with Crippen LogP contribution >= 0.6 is 0 Å². The predicted molar refractivity (Wildman–Crippen MR) is 98.6 cm³/mol. The highest BCUT2D eigenvalue weighted by Crippen LogP contribution is 2.41. The third-order valence-corrected chi connectivity index (χ3v) is 6.31. The maximum Gasteiger partial charge on any atom is 0.257 e. The van der Waals surface area contributed by atoms with Crippen molar-refractivity contribution in [1.82, 2.24) is 19.6 Å². The van der Waals surface area contributed by atoms with E-state index in [1.54, 1.807) is 0 Å². The van der Waals surface area contributed by atoms with E-state index in [1.807, 2.05) is 17.8 Å². The van der Waals surface area contributed by atoms with Crippen molar-refractivity contribution < 1.29 is 4.79 Å². The molecule has 0 bridgehead atoms. The fraction of sp³-hybridized carbons (Fsp3) is 0.800. The van der Waals surface area contributed by atoms with Gasteiger partial charge in [-0.05, 0) is 57.9 Å². The molecule has 1 aromatic rings. The Balaban J connectivity index is 1.41. The van der Waals surface area contributed by atoms with Crippen molar-refractivity contribution in [2.75, 3.05) is 32.7 Å². The highest BCUT2D eigenvalue weighted by atomic mass is 16.2. The van der Waals surface area contributed by atoms with Gasteiger partial charge >= 0.3 is 0 Å². The van der Waals surface area contributed by atoms with Crippen LogP contribution in [-0.4, -0.2) is 58.2 Å². The van der Waals surface area contributed by atoms with Gasteiger partial charge in [-0.1, -0.05) is 6.92 Å². The standard InChI is InChI=1S/C20H32N4O/c1-3-9-24-13-18(16(2)21-24)19(25)23-11-8-20(15-23)7-4-10-22(14-20)12-17-5-6-17/h13,17H,3-12,14-15H2,1-2H3/t20-/m1/s1. The van der Waals surface area contributed by atoms with Crippen LogP contribution in [0.3, 0.4) is 0 Å². The first kappa shape index (κ1) is 17.1. The maximum atomic E-state index is 13.0. The molecule has 3 fully saturated rings. The first-order chi connectivity index (χ1) is 12.1. The van der Waals surface area contributed by atoms with E-state index in [4.69, 9.17) is 0 Å². The highest BCUT2D eigenvalue weighted by Gasteiger charge is 2.43. The number of hydrogen-bond donors (Lipinski definition) is 0. The van der Waals surface area contributed by atoms with Gasteiger partial charge in [0.05, 0.1) is 11.3 Å². The molecule has 0 radical (unpaired) electrons. The lowest BCUT2D eigenvalue weighted by Crippen LogP contribution is -2.46. The third-order valence-electron chi connectivity index (χ3n) is 6.31. The molecule has 1 atom stereocenters. The van der Waals surface area contributed by atoms with Crippen molar-refractivity contribution in [2.24, 2.45) is 11.3 Å². The van der Waals surface area contributed by atoms with Crippen LogP contribution in [0.15, 0.2) is 6.20 Å². The largest absolute Gasteiger partial charge is 0.338 e. The summed E-state index contributed by atoms with van der Waals surface area (Å²) in [6.45, 7) is 10.6. The lowest BCUT2D eigenvalue weighted by molar-refractivity contribution is 0.0680. The summed E-state index contributed by atoms with van der Waals surface area (Å²) in [7, 11) is 0. The quantitative estimate of drug-likeness (QED) is 0.825. The van der Waals surface area contributed by atoms with E-state index >= 15 is 0 Å². The van der Waals surface area contributed by atoms with E-state index in [2.05, 4.69) is 21.8 Å². The fourth-order valence-electron chi connectivity index (χ4n) is 4.81. The summed E-state index contributed by atoms with van der Waals surface area (Å²) in [6.07, 6.45) is 9.59. The minimum atomic E-state index is 0.191. The second-order valence-corrected chi connectivity index (χ2v) is 8.65. The molecule has 3 heterocycles. The van der Waals surface area contributed by atoms with Crippen LogP contribution in [0.1, 0.15) is 61.5 Å². The molecule has 138 valence electrons. The van der Waals surface area contributed by atoms with Gasteiger partial charge in [-0.25, -0.2) is 0 Å². The van der Waals surface area contributed by atoms with Crippen LogP contribution < -0.4 is 0 Å². The minimum Gasteiger partial charge on any atom is -0.338 e. The number of aryl methyl sites for hydroxylation is 2. The van der Waals surface area contributed by atoms with Gasteiger partial charge in [0, 0.05) is 44.3 Å². The van der Waals surface area contributed by atoms with Gasteiger partial charge in [0.15, 0.2) is 0 Å². The van der Waals surface area contributed by atoms with Gasteiger partial charge in [-0.2, -0.15) is 5.10 Å². The summed E-state index contributed by atoms with van der Waals surface area (Å²) in [5, 5.41) is 4.51. The van der Waals surface area contributed by atoms with Gasteiger partial charge < -0.3 is 9.80 Å². The molecule has 4 rings (SSSR count). The van der Waals surface area contributed by atoms with Crippen LogP contribution in [0, 0.1) is 18.3 Å². The van der Waals surface area contributed by atoms with Gasteiger partial charge in [-0.3, -0.25) is 9.48 Å². The highest BCUT2D eigenvalue weighted by molar-refractivity contribution is 5.95. The van der Waals surface area contributed by atoms with Crippen molar-refractivity contribution in [1.29, 1.82) is 0 Å². The molecule has 2 aliphatic heterocycles. The molecule has 1 saturated carbocycles. The van der Waals surface area contributed by atoms with E-state index in [9.17, 15) is 4.79 Å². The zero-order valence-corrected chi connectivity index (χ0v) is 15.8. The maximum absolute atomic E-state index is 13.0. The molecular formula is C20H32N4O. The molecule has 2 saturated heterocycles. The molecule has 1 aliphatic carbocycles. The average Bonchev–Trinajstić information content (AvgIpc) is 3.19. The molecule has 25 heavy (non-hydrogen) atoms. The molecule has 5 nitrogen and oxygen atoms in total. The number of hydrogen-bond acceptors (Lipinski definition) is 3. The molecule has 1 amide bonds. The van der Waals surface area contributed by atoms with Crippen LogP contribution in [0.4, 0.5) is 0 Å². The number of amides is 1. The fourth-order valence-corrected chi connectivity index (χ4v) is 4.81. The molecule has 1 aromatic heterocycles. The van der Waals surface area contributed by atoms with E-state index in [1.165, 1.54) is 51.7 Å². The Morgan fingerprint density at radius 1 is 1.28 bits per heavy atom. The number of piperidine rings is 1. The predicted octanol–water partition coefficient (Wildman–Crippen LogP) is 2.94. The Hall–Kier alpha value is -1.36. The first-order valence-corrected chi connectivity index (χ1v) is 10.1. The summed E-state index contributed by atoms with van der Waals surface area (Å²) >= 11 is 0. The molecule has 3 aliphatic rings. The summed E-state index contributed by atoms with van der Waals surface area (Å²) in [6, 6.07) is 0. The molecule has 1 spiro atoms. The van der Waals surface area contributed by atoms with E-state index in [-0.39, 0.29) is 5.91 Å². The van der Waals surface area contributed by atoms with Crippen molar-refractivity contribution in [3.63, 3.8) is 0 Å². The van der Waals surface area contributed by atoms with Crippen molar-refractivity contribution in [3.8, 4) is 0 Å². The van der Waals surface area contributed by atoms with Crippen molar-refractivity contribution in [3.05, 3.63) is 17.5 Å². The Morgan fingerprint density at radius 2 is 2.12 bits per heavy atom. The van der Waals surface area contributed by atoms with Gasteiger partial charge in [0.2, 0.25) is 0 Å². The van der Waals surface area contributed by atoms with E-state index in [0.717, 1.165) is 43.2 Å². The van der Waals surface area contributed by atoms with Crippen LogP contribution in [-0.2, 0) is 6.54 Å². The number of nitrogens with zero attached hydrogens (tertiary/aromatic N) is 4. The first-order valence-electron chi connectivity index (χ1n) is 10.1. The Morgan fingerprint density at radius 3 is 2.88 bits per heavy atom. The van der Waals surface area contributed by atoms with Crippen molar-refractivity contribution in [2.45, 2.75) is 58.9 Å². The monoisotopic (exact) mass is 344 g/mol. The zero-order chi connectivity index (χ0) is 17.4. The Labute approximate surface area is 151 Å². The number of carbonyl (C=O) groups excluding carboxylic acids is 1. The normalized spacial score (nSPS) is 27.4. The van der Waals surface area contributed by atoms with Crippen LogP contribution in [0.5, 0.6) is 0 Å². The number of carbonyl (C=O) groups is 1. The smallest absolute Gasteiger partial charge is 0.257 e. The average molecular weight is 345 g/mol. The number of aromatic nitrogens is 2. The molecule has 0 unspecified atom stereocenters.